The molecule has 128 valence electrons. The van der Waals surface area contributed by atoms with E-state index in [1.807, 2.05) is 13.8 Å². The van der Waals surface area contributed by atoms with Gasteiger partial charge in [-0.05, 0) is 30.7 Å². The first-order valence-electron chi connectivity index (χ1n) is 7.26. The molecule has 7 heteroatoms. The number of methoxy groups -OCH3 is 1. The minimum atomic E-state index is -0.737. The zero-order chi connectivity index (χ0) is 17.6. The highest BCUT2D eigenvalue weighted by Gasteiger charge is 2.28. The molecule has 0 heterocycles. The third-order valence-electron chi connectivity index (χ3n) is 3.23. The third-order valence-corrected chi connectivity index (χ3v) is 3.96. The molecule has 1 aromatic rings. The molecule has 0 saturated carbocycles. The van der Waals surface area contributed by atoms with Gasteiger partial charge in [-0.25, -0.2) is 4.79 Å². The van der Waals surface area contributed by atoms with Gasteiger partial charge < -0.3 is 10.1 Å². The lowest BCUT2D eigenvalue weighted by molar-refractivity contribution is -0.147. The van der Waals surface area contributed by atoms with E-state index >= 15 is 0 Å². The largest absolute Gasteiger partial charge is 0.468 e. The van der Waals surface area contributed by atoms with Crippen LogP contribution in [0.15, 0.2) is 18.2 Å². The second kappa shape index (κ2) is 9.11. The predicted octanol–water partition coefficient (Wildman–Crippen LogP) is 2.91. The van der Waals surface area contributed by atoms with E-state index in [1.165, 1.54) is 7.11 Å². The zero-order valence-electron chi connectivity index (χ0n) is 13.7. The topological polar surface area (TPSA) is 58.6 Å². The van der Waals surface area contributed by atoms with Gasteiger partial charge in [0.1, 0.15) is 6.04 Å². The summed E-state index contributed by atoms with van der Waals surface area (Å²) in [6, 6.07) is 4.17. The number of amides is 1. The van der Waals surface area contributed by atoms with Crippen LogP contribution in [0, 0.1) is 5.92 Å². The van der Waals surface area contributed by atoms with Gasteiger partial charge in [0.2, 0.25) is 5.91 Å². The van der Waals surface area contributed by atoms with Crippen LogP contribution in [0.25, 0.3) is 0 Å². The fourth-order valence-electron chi connectivity index (χ4n) is 2.06. The number of hydrogen-bond donors (Lipinski definition) is 1. The Balaban J connectivity index is 2.91. The summed E-state index contributed by atoms with van der Waals surface area (Å²) in [5.74, 6) is -0.270. The SMILES string of the molecule is COC(=O)C(c1ccc(Cl)c(Cl)c1)N(C)CC(=O)NCC(C)C. The van der Waals surface area contributed by atoms with Crippen LogP contribution in [0.1, 0.15) is 25.5 Å². The number of benzene rings is 1. The molecule has 0 radical (unpaired) electrons. The van der Waals surface area contributed by atoms with Crippen LogP contribution in [-0.4, -0.2) is 44.0 Å². The number of halogens is 2. The van der Waals surface area contributed by atoms with Crippen molar-refractivity contribution in [2.75, 3.05) is 27.2 Å². The van der Waals surface area contributed by atoms with Crippen molar-refractivity contribution in [1.82, 2.24) is 10.2 Å². The third kappa shape index (κ3) is 6.01. The fourth-order valence-corrected chi connectivity index (χ4v) is 2.36. The molecule has 0 spiro atoms. The lowest BCUT2D eigenvalue weighted by atomic mass is 10.1. The molecule has 1 amide bonds. The molecule has 1 atom stereocenters. The number of rotatable bonds is 7. The van der Waals surface area contributed by atoms with Crippen LogP contribution in [0.5, 0.6) is 0 Å². The number of esters is 1. The maximum Gasteiger partial charge on any atom is 0.327 e. The summed E-state index contributed by atoms with van der Waals surface area (Å²) in [7, 11) is 2.98. The number of hydrogen-bond acceptors (Lipinski definition) is 4. The van der Waals surface area contributed by atoms with Crippen molar-refractivity contribution in [3.8, 4) is 0 Å². The molecule has 0 aliphatic carbocycles. The van der Waals surface area contributed by atoms with Gasteiger partial charge in [0.25, 0.3) is 0 Å². The van der Waals surface area contributed by atoms with Gasteiger partial charge in [0, 0.05) is 6.54 Å². The number of carbonyl (C=O) groups is 2. The highest BCUT2D eigenvalue weighted by Crippen LogP contribution is 2.28. The molecule has 1 rings (SSSR count). The van der Waals surface area contributed by atoms with Crippen molar-refractivity contribution in [3.05, 3.63) is 33.8 Å². The van der Waals surface area contributed by atoms with Gasteiger partial charge in [-0.1, -0.05) is 43.1 Å². The van der Waals surface area contributed by atoms with Crippen LogP contribution >= 0.6 is 23.2 Å². The molecule has 0 saturated heterocycles. The smallest absolute Gasteiger partial charge is 0.327 e. The second-order valence-electron chi connectivity index (χ2n) is 5.71. The van der Waals surface area contributed by atoms with Crippen LogP contribution < -0.4 is 5.32 Å². The molecule has 1 N–H and O–H groups in total. The van der Waals surface area contributed by atoms with E-state index in [1.54, 1.807) is 30.1 Å². The van der Waals surface area contributed by atoms with Crippen molar-refractivity contribution < 1.29 is 14.3 Å². The lowest BCUT2D eigenvalue weighted by Crippen LogP contribution is -2.41. The van der Waals surface area contributed by atoms with Gasteiger partial charge in [-0.3, -0.25) is 9.69 Å². The quantitative estimate of drug-likeness (QED) is 0.759. The van der Waals surface area contributed by atoms with Crippen molar-refractivity contribution in [1.29, 1.82) is 0 Å². The lowest BCUT2D eigenvalue weighted by Gasteiger charge is -2.26. The minimum Gasteiger partial charge on any atom is -0.468 e. The Morgan fingerprint density at radius 2 is 1.91 bits per heavy atom. The highest BCUT2D eigenvalue weighted by atomic mass is 35.5. The van der Waals surface area contributed by atoms with E-state index in [9.17, 15) is 9.59 Å². The summed E-state index contributed by atoms with van der Waals surface area (Å²) in [6.07, 6.45) is 0. The molecule has 0 aliphatic rings. The Morgan fingerprint density at radius 3 is 2.43 bits per heavy atom. The van der Waals surface area contributed by atoms with E-state index in [2.05, 4.69) is 5.32 Å². The van der Waals surface area contributed by atoms with Crippen molar-refractivity contribution in [2.24, 2.45) is 5.92 Å². The zero-order valence-corrected chi connectivity index (χ0v) is 15.2. The van der Waals surface area contributed by atoms with E-state index in [0.717, 1.165) is 0 Å². The number of carbonyl (C=O) groups excluding carboxylic acids is 2. The number of likely N-dealkylation sites (N-methyl/N-ethyl adjacent to an activating group) is 1. The van der Waals surface area contributed by atoms with Crippen LogP contribution in [0.4, 0.5) is 0 Å². The first-order chi connectivity index (χ1) is 10.8. The summed E-state index contributed by atoms with van der Waals surface area (Å²) in [6.45, 7) is 4.67. The molecule has 1 unspecified atom stereocenters. The number of ether oxygens (including phenoxy) is 1. The fraction of sp³-hybridized carbons (Fsp3) is 0.500. The predicted molar refractivity (Wildman–Crippen MR) is 91.7 cm³/mol. The van der Waals surface area contributed by atoms with Crippen LogP contribution in [-0.2, 0) is 14.3 Å². The summed E-state index contributed by atoms with van der Waals surface area (Å²) in [5, 5.41) is 3.56. The first-order valence-corrected chi connectivity index (χ1v) is 8.01. The molecular weight excluding hydrogens is 339 g/mol. The standard InChI is InChI=1S/C16H22Cl2N2O3/c1-10(2)8-19-14(21)9-20(3)15(16(22)23-4)11-5-6-12(17)13(18)7-11/h5-7,10,15H,8-9H2,1-4H3,(H,19,21). The second-order valence-corrected chi connectivity index (χ2v) is 6.53. The van der Waals surface area contributed by atoms with E-state index in [-0.39, 0.29) is 12.5 Å². The normalized spacial score (nSPS) is 12.3. The Morgan fingerprint density at radius 1 is 1.26 bits per heavy atom. The molecule has 0 fully saturated rings. The molecule has 1 aromatic carbocycles. The van der Waals surface area contributed by atoms with Gasteiger partial charge in [0.15, 0.2) is 0 Å². The Hall–Kier alpha value is -1.30. The summed E-state index contributed by atoms with van der Waals surface area (Å²) in [4.78, 5) is 25.7. The maximum atomic E-state index is 12.1. The highest BCUT2D eigenvalue weighted by molar-refractivity contribution is 6.42. The minimum absolute atomic E-state index is 0.0622. The molecule has 0 bridgehead atoms. The van der Waals surface area contributed by atoms with E-state index in [4.69, 9.17) is 27.9 Å². The van der Waals surface area contributed by atoms with Crippen LogP contribution in [0.2, 0.25) is 10.0 Å². The van der Waals surface area contributed by atoms with Crippen LogP contribution in [0.3, 0.4) is 0 Å². The molecule has 0 aliphatic heterocycles. The Kier molecular flexibility index (Phi) is 7.82. The van der Waals surface area contributed by atoms with Crippen molar-refractivity contribution in [2.45, 2.75) is 19.9 Å². The van der Waals surface area contributed by atoms with Crippen molar-refractivity contribution in [3.63, 3.8) is 0 Å². The number of nitrogens with zero attached hydrogens (tertiary/aromatic N) is 1. The summed E-state index contributed by atoms with van der Waals surface area (Å²) < 4.78 is 4.85. The average molecular weight is 361 g/mol. The monoisotopic (exact) mass is 360 g/mol. The summed E-state index contributed by atoms with van der Waals surface area (Å²) in [5.41, 5.74) is 0.616. The molecule has 5 nitrogen and oxygen atoms in total. The van der Waals surface area contributed by atoms with Gasteiger partial charge >= 0.3 is 5.97 Å². The van der Waals surface area contributed by atoms with Gasteiger partial charge in [-0.15, -0.1) is 0 Å². The van der Waals surface area contributed by atoms with Crippen molar-refractivity contribution >= 4 is 35.1 Å². The van der Waals surface area contributed by atoms with E-state index < -0.39 is 12.0 Å². The maximum absolute atomic E-state index is 12.1. The van der Waals surface area contributed by atoms with Gasteiger partial charge in [-0.2, -0.15) is 0 Å². The average Bonchev–Trinajstić information content (AvgIpc) is 2.48. The van der Waals surface area contributed by atoms with Gasteiger partial charge in [0.05, 0.1) is 23.7 Å². The Labute approximate surface area is 146 Å². The Bertz CT molecular complexity index is 564. The molecule has 0 aromatic heterocycles. The molecule has 23 heavy (non-hydrogen) atoms. The number of nitrogens with one attached hydrogen (secondary N) is 1. The first kappa shape index (κ1) is 19.7. The summed E-state index contributed by atoms with van der Waals surface area (Å²) >= 11 is 11.9. The molecular formula is C16H22Cl2N2O3. The van der Waals surface area contributed by atoms with E-state index in [0.29, 0.717) is 28.1 Å².